The molecule has 6 atom stereocenters. The Bertz CT molecular complexity index is 1920. The summed E-state index contributed by atoms with van der Waals surface area (Å²) in [6.07, 6.45) is 9.70. The van der Waals surface area contributed by atoms with E-state index < -0.39 is 29.7 Å². The first-order valence-electron chi connectivity index (χ1n) is 21.0. The maximum absolute atomic E-state index is 14.7. The molecule has 0 bridgehead atoms. The summed E-state index contributed by atoms with van der Waals surface area (Å²) in [4.78, 5) is 21.8. The van der Waals surface area contributed by atoms with Gasteiger partial charge in [0.1, 0.15) is 43.7 Å². The molecule has 1 aliphatic heterocycles. The second-order valence-electron chi connectivity index (χ2n) is 15.5. The fourth-order valence-electron chi connectivity index (χ4n) is 9.13. The highest BCUT2D eigenvalue weighted by Crippen LogP contribution is 2.62. The van der Waals surface area contributed by atoms with E-state index >= 15 is 0 Å². The van der Waals surface area contributed by atoms with Crippen molar-refractivity contribution >= 4 is 11.8 Å². The van der Waals surface area contributed by atoms with Crippen molar-refractivity contribution in [1.29, 1.82) is 0 Å². The van der Waals surface area contributed by atoms with Gasteiger partial charge in [-0.25, -0.2) is 9.18 Å². The molecule has 0 saturated heterocycles. The number of benzene rings is 3. The summed E-state index contributed by atoms with van der Waals surface area (Å²) in [5, 5.41) is 24.3. The largest absolute Gasteiger partial charge is 0.490 e. The summed E-state index contributed by atoms with van der Waals surface area (Å²) >= 11 is 0. The van der Waals surface area contributed by atoms with Gasteiger partial charge < -0.3 is 38.7 Å². The van der Waals surface area contributed by atoms with Crippen molar-refractivity contribution in [3.05, 3.63) is 132 Å². The number of nitrogens with zero attached hydrogens (tertiary/aromatic N) is 2. The first kappa shape index (κ1) is 44.5. The summed E-state index contributed by atoms with van der Waals surface area (Å²) in [5.41, 5.74) is 4.16. The number of hydrogen-bond donors (Lipinski definition) is 2. The molecule has 322 valence electrons. The van der Waals surface area contributed by atoms with Crippen LogP contribution in [0.5, 0.6) is 11.5 Å². The van der Waals surface area contributed by atoms with Crippen molar-refractivity contribution in [3.63, 3.8) is 0 Å². The van der Waals surface area contributed by atoms with E-state index in [9.17, 15) is 19.4 Å². The number of aliphatic hydroxyl groups excluding tert-OH is 2. The average molecular weight is 827 g/mol. The zero-order valence-corrected chi connectivity index (χ0v) is 34.6. The molecule has 3 aromatic carbocycles. The molecule has 12 heteroatoms. The number of carbonyl (C=O) groups excluding carboxylic acids is 1. The summed E-state index contributed by atoms with van der Waals surface area (Å²) in [5.74, 6) is -1.28. The molecular formula is C48H59FN2O9. The molecule has 1 fully saturated rings. The summed E-state index contributed by atoms with van der Waals surface area (Å²) in [6.45, 7) is 8.97. The fraction of sp³-hybridized carbons (Fsp3) is 0.458. The molecule has 2 N–H and O–H groups in total. The van der Waals surface area contributed by atoms with Crippen molar-refractivity contribution in [2.45, 2.75) is 75.8 Å². The quantitative estimate of drug-likeness (QED) is 0.0550. The van der Waals surface area contributed by atoms with E-state index in [-0.39, 0.29) is 63.8 Å². The molecule has 6 rings (SSSR count). The van der Waals surface area contributed by atoms with Crippen LogP contribution in [0.3, 0.4) is 0 Å². The minimum Gasteiger partial charge on any atom is -0.490 e. The standard InChI is InChI=1S/C48H59FN2O9/c1-4-25-57-38-21-22-43-41(30-38)45-39(16-10-12-24-53)36(15-9-11-23-52)29-40-42(50-55-3)31-44(48(60-43,46(40)45)59-26-5-2)51(32-34-17-19-37(49)20-18-34)47(54)58-28-27-56-33-35-13-7-6-8-14-35/h4-8,13-14,17-22,29-30,36,39,44-46,52-53H,1-2,9-12,15-16,23-28,31-33H2,3H3/t36-,39+,44-,45+,46+,48+/m0/s1. The lowest BCUT2D eigenvalue weighted by molar-refractivity contribution is -0.256. The van der Waals surface area contributed by atoms with Gasteiger partial charge in [-0.15, -0.1) is 6.58 Å². The van der Waals surface area contributed by atoms with E-state index in [1.54, 1.807) is 29.2 Å². The molecule has 1 heterocycles. The highest BCUT2D eigenvalue weighted by Gasteiger charge is 2.65. The van der Waals surface area contributed by atoms with E-state index in [0.717, 1.165) is 42.4 Å². The van der Waals surface area contributed by atoms with Gasteiger partial charge in [0.05, 0.1) is 31.5 Å². The number of halogens is 1. The number of oxime groups is 1. The molecule has 0 aromatic heterocycles. The smallest absolute Gasteiger partial charge is 0.410 e. The lowest BCUT2D eigenvalue weighted by Gasteiger charge is -2.59. The van der Waals surface area contributed by atoms with Crippen molar-refractivity contribution < 1.29 is 47.9 Å². The van der Waals surface area contributed by atoms with Crippen LogP contribution in [-0.4, -0.2) is 85.5 Å². The fourth-order valence-corrected chi connectivity index (χ4v) is 9.13. The number of hydrogen-bond acceptors (Lipinski definition) is 10. The average Bonchev–Trinajstić information content (AvgIpc) is 3.26. The predicted octanol–water partition coefficient (Wildman–Crippen LogP) is 8.51. The topological polar surface area (TPSA) is 129 Å². The number of aliphatic hydroxyl groups is 2. The third kappa shape index (κ3) is 10.5. The van der Waals surface area contributed by atoms with Gasteiger partial charge in [0.15, 0.2) is 0 Å². The van der Waals surface area contributed by atoms with E-state index in [0.29, 0.717) is 48.8 Å². The maximum Gasteiger partial charge on any atom is 0.410 e. The van der Waals surface area contributed by atoms with Crippen LogP contribution in [0.4, 0.5) is 9.18 Å². The summed E-state index contributed by atoms with van der Waals surface area (Å²) in [6, 6.07) is 20.7. The Morgan fingerprint density at radius 2 is 1.70 bits per heavy atom. The van der Waals surface area contributed by atoms with Crippen molar-refractivity contribution in [1.82, 2.24) is 4.90 Å². The first-order chi connectivity index (χ1) is 29.4. The predicted molar refractivity (Wildman–Crippen MR) is 227 cm³/mol. The van der Waals surface area contributed by atoms with Gasteiger partial charge in [-0.1, -0.05) is 85.3 Å². The molecule has 2 aliphatic carbocycles. The molecule has 1 saturated carbocycles. The van der Waals surface area contributed by atoms with Gasteiger partial charge in [-0.3, -0.25) is 4.90 Å². The Balaban J connectivity index is 1.49. The number of ether oxygens (including phenoxy) is 5. The Kier molecular flexibility index (Phi) is 16.3. The van der Waals surface area contributed by atoms with Crippen LogP contribution in [0.1, 0.15) is 67.6 Å². The molecule has 3 aromatic rings. The minimum atomic E-state index is -1.50. The number of unbranched alkanes of at least 4 members (excludes halogenated alkanes) is 2. The zero-order chi connectivity index (χ0) is 42.3. The number of fused-ring (bicyclic) bond motifs is 2. The van der Waals surface area contributed by atoms with E-state index in [2.05, 4.69) is 24.4 Å². The highest BCUT2D eigenvalue weighted by atomic mass is 19.1. The van der Waals surface area contributed by atoms with Crippen LogP contribution in [0, 0.1) is 23.6 Å². The highest BCUT2D eigenvalue weighted by molar-refractivity contribution is 6.03. The summed E-state index contributed by atoms with van der Waals surface area (Å²) < 4.78 is 46.5. The van der Waals surface area contributed by atoms with Crippen molar-refractivity contribution in [2.75, 3.05) is 46.8 Å². The molecule has 0 spiro atoms. The second-order valence-corrected chi connectivity index (χ2v) is 15.5. The van der Waals surface area contributed by atoms with E-state index in [1.807, 2.05) is 48.5 Å². The van der Waals surface area contributed by atoms with Gasteiger partial charge >= 0.3 is 6.09 Å². The van der Waals surface area contributed by atoms with Crippen LogP contribution >= 0.6 is 0 Å². The number of rotatable bonds is 23. The molecule has 0 radical (unpaired) electrons. The number of carbonyl (C=O) groups is 1. The monoisotopic (exact) mass is 826 g/mol. The SMILES string of the molecule is C=CCOc1ccc2c(c1)[C@H]1[C@H](CCCCO)[C@@H](CCCCO)C=C3C(=NOC)C[C@H](N(Cc4ccc(F)cc4)C(=O)OCCOCc4ccccc4)[C@@](OCC=C)(O2)[C@H]31. The van der Waals surface area contributed by atoms with Crippen molar-refractivity contribution in [2.24, 2.45) is 22.9 Å². The van der Waals surface area contributed by atoms with Crippen LogP contribution in [0.2, 0.25) is 0 Å². The van der Waals surface area contributed by atoms with Gasteiger partial charge in [-0.2, -0.15) is 0 Å². The Morgan fingerprint density at radius 3 is 2.42 bits per heavy atom. The molecule has 3 aliphatic rings. The lowest BCUT2D eigenvalue weighted by atomic mass is 9.55. The number of allylic oxidation sites excluding steroid dienone is 1. The van der Waals surface area contributed by atoms with Gasteiger partial charge in [0.25, 0.3) is 0 Å². The third-order valence-corrected chi connectivity index (χ3v) is 11.7. The van der Waals surface area contributed by atoms with Crippen LogP contribution < -0.4 is 9.47 Å². The van der Waals surface area contributed by atoms with Crippen LogP contribution in [0.15, 0.2) is 115 Å². The molecule has 1 amide bonds. The Hall–Kier alpha value is -5.01. The molecule has 11 nitrogen and oxygen atoms in total. The van der Waals surface area contributed by atoms with Crippen molar-refractivity contribution in [3.8, 4) is 11.5 Å². The lowest BCUT2D eigenvalue weighted by Crippen LogP contribution is -2.70. The molecular weight excluding hydrogens is 768 g/mol. The van der Waals surface area contributed by atoms with E-state index in [4.69, 9.17) is 28.5 Å². The maximum atomic E-state index is 14.7. The Morgan fingerprint density at radius 1 is 0.950 bits per heavy atom. The molecule has 0 unspecified atom stereocenters. The first-order valence-corrected chi connectivity index (χ1v) is 21.0. The Labute approximate surface area is 353 Å². The summed E-state index contributed by atoms with van der Waals surface area (Å²) in [7, 11) is 1.51. The van der Waals surface area contributed by atoms with Crippen LogP contribution in [-0.2, 0) is 32.2 Å². The zero-order valence-electron chi connectivity index (χ0n) is 34.6. The number of amides is 1. The van der Waals surface area contributed by atoms with Gasteiger partial charge in [0.2, 0.25) is 5.79 Å². The van der Waals surface area contributed by atoms with Gasteiger partial charge in [-0.05, 0) is 84.6 Å². The van der Waals surface area contributed by atoms with Crippen LogP contribution in [0.25, 0.3) is 0 Å². The van der Waals surface area contributed by atoms with E-state index in [1.165, 1.54) is 19.2 Å². The normalized spacial score (nSPS) is 23.4. The minimum absolute atomic E-state index is 0.0192. The third-order valence-electron chi connectivity index (χ3n) is 11.7. The second kappa shape index (κ2) is 22.0. The van der Waals surface area contributed by atoms with Gasteiger partial charge in [0, 0.05) is 37.7 Å². The molecule has 60 heavy (non-hydrogen) atoms.